The molecular weight excluding hydrogens is 314 g/mol. The van der Waals surface area contributed by atoms with Crippen molar-refractivity contribution in [1.29, 1.82) is 0 Å². The van der Waals surface area contributed by atoms with Crippen molar-refractivity contribution in [2.24, 2.45) is 0 Å². The van der Waals surface area contributed by atoms with Gasteiger partial charge in [-0.1, -0.05) is 15.9 Å². The van der Waals surface area contributed by atoms with Gasteiger partial charge >= 0.3 is 0 Å². The summed E-state index contributed by atoms with van der Waals surface area (Å²) in [5.74, 6) is -1.56. The van der Waals surface area contributed by atoms with Gasteiger partial charge in [-0.3, -0.25) is 0 Å². The average Bonchev–Trinajstić information content (AvgIpc) is 3.21. The van der Waals surface area contributed by atoms with Gasteiger partial charge in [0.1, 0.15) is 5.82 Å². The number of alkyl halides is 3. The van der Waals surface area contributed by atoms with Crippen LogP contribution in [0.4, 0.5) is 8.78 Å². The first-order chi connectivity index (χ1) is 9.09. The first-order valence-corrected chi connectivity index (χ1v) is 8.01. The topological polar surface area (TPSA) is 25.8 Å². The number of halogens is 3. The summed E-state index contributed by atoms with van der Waals surface area (Å²) in [6.45, 7) is 0. The molecule has 2 fully saturated rings. The minimum atomic E-state index is -2.54. The molecule has 2 saturated carbocycles. The monoisotopic (exact) mass is 330 g/mol. The fraction of sp³-hybridized carbons (Fsp3) is 0.714. The molecule has 0 N–H and O–H groups in total. The van der Waals surface area contributed by atoms with Gasteiger partial charge in [0.05, 0.1) is 5.69 Å². The van der Waals surface area contributed by atoms with Crippen LogP contribution in [0.5, 0.6) is 0 Å². The third kappa shape index (κ3) is 2.96. The molecule has 1 aromatic heterocycles. The SMILES string of the molecule is FC1(F)CCCC(c2ncc(CBr)c(C3CC3)n2)C1. The summed E-state index contributed by atoms with van der Waals surface area (Å²) in [6, 6.07) is 0. The van der Waals surface area contributed by atoms with Crippen LogP contribution in [0, 0.1) is 0 Å². The van der Waals surface area contributed by atoms with Gasteiger partial charge in [-0.15, -0.1) is 0 Å². The first kappa shape index (κ1) is 13.4. The Kier molecular flexibility index (Phi) is 3.58. The molecule has 2 nitrogen and oxygen atoms in total. The zero-order valence-corrected chi connectivity index (χ0v) is 12.3. The molecule has 5 heteroatoms. The molecule has 2 aliphatic rings. The van der Waals surface area contributed by atoms with Crippen molar-refractivity contribution in [2.75, 3.05) is 0 Å². The van der Waals surface area contributed by atoms with Crippen LogP contribution in [0.2, 0.25) is 0 Å². The molecule has 0 bridgehead atoms. The van der Waals surface area contributed by atoms with E-state index in [9.17, 15) is 8.78 Å². The maximum absolute atomic E-state index is 13.5. The predicted octanol–water partition coefficient (Wildman–Crippen LogP) is 4.54. The largest absolute Gasteiger partial charge is 0.248 e. The number of hydrogen-bond donors (Lipinski definition) is 0. The summed E-state index contributed by atoms with van der Waals surface area (Å²) < 4.78 is 27.0. The summed E-state index contributed by atoms with van der Waals surface area (Å²) in [4.78, 5) is 8.96. The van der Waals surface area contributed by atoms with Crippen LogP contribution in [0.1, 0.15) is 67.4 Å². The highest BCUT2D eigenvalue weighted by Crippen LogP contribution is 2.43. The quantitative estimate of drug-likeness (QED) is 0.760. The molecule has 0 aromatic carbocycles. The molecule has 0 amide bonds. The van der Waals surface area contributed by atoms with E-state index >= 15 is 0 Å². The van der Waals surface area contributed by atoms with Gasteiger partial charge in [0.2, 0.25) is 5.92 Å². The Bertz CT molecular complexity index is 475. The number of aromatic nitrogens is 2. The first-order valence-electron chi connectivity index (χ1n) is 6.88. The number of rotatable bonds is 3. The minimum Gasteiger partial charge on any atom is -0.241 e. The van der Waals surface area contributed by atoms with E-state index in [0.717, 1.165) is 35.8 Å². The Morgan fingerprint density at radius 2 is 2.05 bits per heavy atom. The van der Waals surface area contributed by atoms with E-state index in [4.69, 9.17) is 0 Å². The van der Waals surface area contributed by atoms with E-state index in [2.05, 4.69) is 25.9 Å². The fourth-order valence-corrected chi connectivity index (χ4v) is 3.27. The Morgan fingerprint density at radius 3 is 2.68 bits per heavy atom. The third-order valence-electron chi connectivity index (χ3n) is 4.03. The van der Waals surface area contributed by atoms with Crippen molar-refractivity contribution >= 4 is 15.9 Å². The second kappa shape index (κ2) is 5.08. The average molecular weight is 331 g/mol. The van der Waals surface area contributed by atoms with Crippen molar-refractivity contribution in [3.05, 3.63) is 23.3 Å². The molecule has 2 aliphatic carbocycles. The van der Waals surface area contributed by atoms with Gasteiger partial charge in [-0.05, 0) is 25.7 Å². The summed E-state index contributed by atoms with van der Waals surface area (Å²) >= 11 is 3.44. The molecule has 0 saturated heterocycles. The summed E-state index contributed by atoms with van der Waals surface area (Å²) in [5, 5.41) is 0.736. The van der Waals surface area contributed by atoms with E-state index in [-0.39, 0.29) is 18.8 Å². The van der Waals surface area contributed by atoms with E-state index in [1.54, 1.807) is 0 Å². The lowest BCUT2D eigenvalue weighted by atomic mass is 9.86. The highest BCUT2D eigenvalue weighted by molar-refractivity contribution is 9.08. The van der Waals surface area contributed by atoms with Crippen LogP contribution in [0.15, 0.2) is 6.20 Å². The van der Waals surface area contributed by atoms with E-state index in [1.165, 1.54) is 0 Å². The van der Waals surface area contributed by atoms with Gasteiger partial charge in [0.25, 0.3) is 0 Å². The van der Waals surface area contributed by atoms with Crippen LogP contribution < -0.4 is 0 Å². The summed E-state index contributed by atoms with van der Waals surface area (Å²) in [7, 11) is 0. The molecule has 3 rings (SSSR count). The van der Waals surface area contributed by atoms with Crippen molar-refractivity contribution in [3.8, 4) is 0 Å². The molecule has 1 heterocycles. The molecule has 104 valence electrons. The lowest BCUT2D eigenvalue weighted by molar-refractivity contribution is -0.0417. The van der Waals surface area contributed by atoms with E-state index in [0.29, 0.717) is 18.2 Å². The number of hydrogen-bond acceptors (Lipinski definition) is 2. The van der Waals surface area contributed by atoms with E-state index < -0.39 is 5.92 Å². The van der Waals surface area contributed by atoms with Crippen molar-refractivity contribution in [1.82, 2.24) is 9.97 Å². The Morgan fingerprint density at radius 1 is 1.26 bits per heavy atom. The maximum atomic E-state index is 13.5. The Labute approximate surface area is 120 Å². The van der Waals surface area contributed by atoms with Gasteiger partial charge in [-0.25, -0.2) is 18.7 Å². The molecule has 0 aliphatic heterocycles. The van der Waals surface area contributed by atoms with Gasteiger partial charge in [0, 0.05) is 41.8 Å². The fourth-order valence-electron chi connectivity index (χ4n) is 2.84. The highest BCUT2D eigenvalue weighted by atomic mass is 79.9. The Balaban J connectivity index is 1.86. The zero-order chi connectivity index (χ0) is 13.5. The van der Waals surface area contributed by atoms with Crippen LogP contribution >= 0.6 is 15.9 Å². The second-order valence-electron chi connectivity index (χ2n) is 5.70. The molecule has 19 heavy (non-hydrogen) atoms. The molecule has 0 radical (unpaired) electrons. The van der Waals surface area contributed by atoms with Crippen LogP contribution in [0.25, 0.3) is 0 Å². The number of nitrogens with zero attached hydrogens (tertiary/aromatic N) is 2. The minimum absolute atomic E-state index is 0.0124. The second-order valence-corrected chi connectivity index (χ2v) is 6.26. The Hall–Kier alpha value is -0.580. The molecule has 1 atom stereocenters. The van der Waals surface area contributed by atoms with Crippen LogP contribution in [-0.2, 0) is 5.33 Å². The van der Waals surface area contributed by atoms with Crippen molar-refractivity contribution < 1.29 is 8.78 Å². The van der Waals surface area contributed by atoms with Crippen molar-refractivity contribution in [2.45, 2.75) is 61.6 Å². The maximum Gasteiger partial charge on any atom is 0.248 e. The molecule has 1 aromatic rings. The van der Waals surface area contributed by atoms with Crippen molar-refractivity contribution in [3.63, 3.8) is 0 Å². The lowest BCUT2D eigenvalue weighted by Crippen LogP contribution is -2.26. The smallest absolute Gasteiger partial charge is 0.241 e. The zero-order valence-electron chi connectivity index (χ0n) is 10.7. The lowest BCUT2D eigenvalue weighted by Gasteiger charge is -2.28. The van der Waals surface area contributed by atoms with Gasteiger partial charge in [0.15, 0.2) is 0 Å². The normalized spacial score (nSPS) is 26.4. The standard InChI is InChI=1S/C14H17BrF2N2/c15-7-11-8-18-13(19-12(11)9-3-4-9)10-2-1-5-14(16,17)6-10/h8-10H,1-7H2. The summed E-state index contributed by atoms with van der Waals surface area (Å²) in [5.41, 5.74) is 2.18. The van der Waals surface area contributed by atoms with Crippen LogP contribution in [-0.4, -0.2) is 15.9 Å². The molecule has 0 spiro atoms. The van der Waals surface area contributed by atoms with E-state index in [1.807, 2.05) is 6.20 Å². The third-order valence-corrected chi connectivity index (χ3v) is 4.63. The predicted molar refractivity (Wildman–Crippen MR) is 72.8 cm³/mol. The van der Waals surface area contributed by atoms with Crippen LogP contribution in [0.3, 0.4) is 0 Å². The highest BCUT2D eigenvalue weighted by Gasteiger charge is 2.38. The molecular formula is C14H17BrF2N2. The molecule has 1 unspecified atom stereocenters. The van der Waals surface area contributed by atoms with Gasteiger partial charge in [-0.2, -0.15) is 0 Å². The van der Waals surface area contributed by atoms with Gasteiger partial charge < -0.3 is 0 Å². The summed E-state index contributed by atoms with van der Waals surface area (Å²) in [6.07, 6.45) is 5.42.